The second-order valence-corrected chi connectivity index (χ2v) is 5.93. The lowest BCUT2D eigenvalue weighted by atomic mass is 10.1. The largest absolute Gasteiger partial charge is 0.449 e. The van der Waals surface area contributed by atoms with Gasteiger partial charge >= 0.3 is 6.18 Å². The van der Waals surface area contributed by atoms with Crippen LogP contribution in [-0.2, 0) is 6.54 Å². The number of rotatable bonds is 3. The number of anilines is 1. The van der Waals surface area contributed by atoms with Gasteiger partial charge in [-0.15, -0.1) is 0 Å². The van der Waals surface area contributed by atoms with Crippen molar-refractivity contribution in [2.75, 3.05) is 5.32 Å². The highest BCUT2D eigenvalue weighted by Crippen LogP contribution is 2.22. The van der Waals surface area contributed by atoms with Crippen LogP contribution in [0.4, 0.5) is 18.9 Å². The summed E-state index contributed by atoms with van der Waals surface area (Å²) >= 11 is 0. The Morgan fingerprint density at radius 3 is 2.07 bits per heavy atom. The Bertz CT molecular complexity index is 999. The van der Waals surface area contributed by atoms with E-state index in [0.717, 1.165) is 5.56 Å². The Kier molecular flexibility index (Phi) is 6.13. The van der Waals surface area contributed by atoms with Gasteiger partial charge in [-0.1, -0.05) is 72.5 Å². The first-order chi connectivity index (χ1) is 13.5. The Labute approximate surface area is 161 Å². The molecular formula is C23H17F3N2. The topological polar surface area (TPSA) is 24.4 Å². The first-order valence-corrected chi connectivity index (χ1v) is 8.61. The van der Waals surface area contributed by atoms with E-state index in [2.05, 4.69) is 22.2 Å². The molecule has 0 saturated heterocycles. The van der Waals surface area contributed by atoms with Crippen molar-refractivity contribution in [1.82, 2.24) is 0 Å². The molecule has 0 bridgehead atoms. The van der Waals surface area contributed by atoms with Crippen molar-refractivity contribution in [3.05, 3.63) is 102 Å². The standard InChI is InChI=1S/C23H17F3N2/c24-23(25,26)22(27-17-19-11-5-2-6-12-19)28-21-14-8-7-13-20(21)16-15-18-9-3-1-4-10-18/h1-14H,17H2,(H,27,28). The average Bonchev–Trinajstić information content (AvgIpc) is 2.71. The molecule has 0 saturated carbocycles. The highest BCUT2D eigenvalue weighted by molar-refractivity contribution is 6.00. The molecule has 3 aromatic rings. The molecule has 0 heterocycles. The molecule has 0 aromatic heterocycles. The summed E-state index contributed by atoms with van der Waals surface area (Å²) in [6.07, 6.45) is -4.60. The van der Waals surface area contributed by atoms with Crippen molar-refractivity contribution in [2.24, 2.45) is 4.99 Å². The summed E-state index contributed by atoms with van der Waals surface area (Å²) in [5, 5.41) is 2.42. The zero-order valence-corrected chi connectivity index (χ0v) is 14.9. The number of nitrogens with zero attached hydrogens (tertiary/aromatic N) is 1. The third-order valence-corrected chi connectivity index (χ3v) is 3.83. The molecule has 2 nitrogen and oxygen atoms in total. The summed E-state index contributed by atoms with van der Waals surface area (Å²) in [5.74, 6) is 4.83. The molecule has 0 fully saturated rings. The number of halogens is 3. The summed E-state index contributed by atoms with van der Waals surface area (Å²) in [7, 11) is 0. The van der Waals surface area contributed by atoms with Crippen LogP contribution in [0.25, 0.3) is 0 Å². The SMILES string of the molecule is FC(F)(F)C(=NCc1ccccc1)Nc1ccccc1C#Cc1ccccc1. The molecule has 3 rings (SSSR count). The number of benzene rings is 3. The van der Waals surface area contributed by atoms with Crippen molar-refractivity contribution in [3.63, 3.8) is 0 Å². The second-order valence-electron chi connectivity index (χ2n) is 5.93. The molecule has 0 unspecified atom stereocenters. The third-order valence-electron chi connectivity index (χ3n) is 3.83. The lowest BCUT2D eigenvalue weighted by Gasteiger charge is -2.14. The Hall–Kier alpha value is -3.52. The number of amidine groups is 1. The van der Waals surface area contributed by atoms with Gasteiger partial charge in [0.15, 0.2) is 0 Å². The highest BCUT2D eigenvalue weighted by Gasteiger charge is 2.36. The number of aliphatic imine (C=N–C) groups is 1. The highest BCUT2D eigenvalue weighted by atomic mass is 19.4. The number of hydrogen-bond acceptors (Lipinski definition) is 1. The van der Waals surface area contributed by atoms with Crippen LogP contribution in [0.1, 0.15) is 16.7 Å². The van der Waals surface area contributed by atoms with Gasteiger partial charge < -0.3 is 5.32 Å². The fourth-order valence-corrected chi connectivity index (χ4v) is 2.44. The monoisotopic (exact) mass is 378 g/mol. The summed E-state index contributed by atoms with van der Waals surface area (Å²) in [4.78, 5) is 3.75. The van der Waals surface area contributed by atoms with E-state index in [1.54, 1.807) is 54.6 Å². The van der Waals surface area contributed by atoms with E-state index in [9.17, 15) is 13.2 Å². The molecule has 28 heavy (non-hydrogen) atoms. The molecule has 0 radical (unpaired) electrons. The van der Waals surface area contributed by atoms with E-state index in [1.165, 1.54) is 0 Å². The second kappa shape index (κ2) is 8.92. The Morgan fingerprint density at radius 1 is 0.786 bits per heavy atom. The van der Waals surface area contributed by atoms with E-state index >= 15 is 0 Å². The maximum atomic E-state index is 13.5. The maximum absolute atomic E-state index is 13.5. The van der Waals surface area contributed by atoms with E-state index in [0.29, 0.717) is 11.1 Å². The van der Waals surface area contributed by atoms with Gasteiger partial charge in [-0.2, -0.15) is 13.2 Å². The minimum Gasteiger partial charge on any atom is -0.335 e. The summed E-state index contributed by atoms with van der Waals surface area (Å²) in [6, 6.07) is 24.7. The van der Waals surface area contributed by atoms with Gasteiger partial charge in [0.2, 0.25) is 5.84 Å². The first kappa shape index (κ1) is 19.2. The van der Waals surface area contributed by atoms with Crippen LogP contribution in [0.3, 0.4) is 0 Å². The zero-order valence-electron chi connectivity index (χ0n) is 14.9. The zero-order chi connectivity index (χ0) is 19.8. The van der Waals surface area contributed by atoms with Crippen LogP contribution in [0.5, 0.6) is 0 Å². The van der Waals surface area contributed by atoms with Crippen molar-refractivity contribution in [2.45, 2.75) is 12.7 Å². The minimum absolute atomic E-state index is 0.0689. The molecular weight excluding hydrogens is 361 g/mol. The van der Waals surface area contributed by atoms with Crippen molar-refractivity contribution < 1.29 is 13.2 Å². The molecule has 0 aliphatic carbocycles. The normalized spacial score (nSPS) is 11.5. The average molecular weight is 378 g/mol. The van der Waals surface area contributed by atoms with Crippen LogP contribution in [-0.4, -0.2) is 12.0 Å². The third kappa shape index (κ3) is 5.49. The van der Waals surface area contributed by atoms with Crippen molar-refractivity contribution >= 4 is 11.5 Å². The maximum Gasteiger partial charge on any atom is 0.449 e. The lowest BCUT2D eigenvalue weighted by Crippen LogP contribution is -2.31. The van der Waals surface area contributed by atoms with Crippen LogP contribution >= 0.6 is 0 Å². The molecule has 140 valence electrons. The summed E-state index contributed by atoms with van der Waals surface area (Å²) < 4.78 is 40.4. The van der Waals surface area contributed by atoms with Crippen LogP contribution in [0.15, 0.2) is 89.9 Å². The van der Waals surface area contributed by atoms with Gasteiger partial charge in [-0.05, 0) is 29.8 Å². The smallest absolute Gasteiger partial charge is 0.335 e. The predicted molar refractivity (Wildman–Crippen MR) is 106 cm³/mol. The molecule has 0 atom stereocenters. The van der Waals surface area contributed by atoms with Crippen molar-refractivity contribution in [3.8, 4) is 11.8 Å². The van der Waals surface area contributed by atoms with Crippen LogP contribution < -0.4 is 5.32 Å². The van der Waals surface area contributed by atoms with E-state index in [4.69, 9.17) is 0 Å². The Balaban J connectivity index is 1.86. The fraction of sp³-hybridized carbons (Fsp3) is 0.0870. The number of hydrogen-bond donors (Lipinski definition) is 1. The van der Waals surface area contributed by atoms with Gasteiger partial charge in [-0.3, -0.25) is 4.99 Å². The van der Waals surface area contributed by atoms with Gasteiger partial charge in [0.1, 0.15) is 0 Å². The Morgan fingerprint density at radius 2 is 1.39 bits per heavy atom. The quantitative estimate of drug-likeness (QED) is 0.355. The van der Waals surface area contributed by atoms with Crippen LogP contribution in [0.2, 0.25) is 0 Å². The van der Waals surface area contributed by atoms with E-state index in [-0.39, 0.29) is 12.2 Å². The fourth-order valence-electron chi connectivity index (χ4n) is 2.44. The van der Waals surface area contributed by atoms with Crippen LogP contribution in [0, 0.1) is 11.8 Å². The van der Waals surface area contributed by atoms with E-state index < -0.39 is 12.0 Å². The molecule has 0 spiro atoms. The molecule has 0 aliphatic heterocycles. The molecule has 1 N–H and O–H groups in total. The van der Waals surface area contributed by atoms with Crippen molar-refractivity contribution in [1.29, 1.82) is 0 Å². The first-order valence-electron chi connectivity index (χ1n) is 8.61. The van der Waals surface area contributed by atoms with Gasteiger partial charge in [0, 0.05) is 11.1 Å². The predicted octanol–water partition coefficient (Wildman–Crippen LogP) is 5.66. The number of para-hydroxylation sites is 1. The molecule has 3 aromatic carbocycles. The summed E-state index contributed by atoms with van der Waals surface area (Å²) in [6.45, 7) is -0.0689. The lowest BCUT2D eigenvalue weighted by molar-refractivity contribution is -0.0589. The summed E-state index contributed by atoms with van der Waals surface area (Å²) in [5.41, 5.74) is 2.20. The van der Waals surface area contributed by atoms with Gasteiger partial charge in [0.25, 0.3) is 0 Å². The number of alkyl halides is 3. The molecule has 5 heteroatoms. The molecule has 0 aliphatic rings. The van der Waals surface area contributed by atoms with Gasteiger partial charge in [0.05, 0.1) is 12.2 Å². The van der Waals surface area contributed by atoms with E-state index in [1.807, 2.05) is 30.3 Å². The number of nitrogens with one attached hydrogen (secondary N) is 1. The minimum atomic E-state index is -4.60. The molecule has 0 amide bonds. The van der Waals surface area contributed by atoms with Gasteiger partial charge in [-0.25, -0.2) is 0 Å².